The molecule has 2 rings (SSSR count). The first-order valence-corrected chi connectivity index (χ1v) is 6.17. The number of hydrogen-bond donors (Lipinski definition) is 2. The zero-order chi connectivity index (χ0) is 14.7. The number of hydrogen-bond acceptors (Lipinski definition) is 3. The van der Waals surface area contributed by atoms with Gasteiger partial charge in [-0.2, -0.15) is 0 Å². The molecule has 0 fully saturated rings. The van der Waals surface area contributed by atoms with Crippen molar-refractivity contribution in [1.29, 1.82) is 0 Å². The highest BCUT2D eigenvalue weighted by Gasteiger charge is 2.13. The number of nitrogens with one attached hydrogen (secondary N) is 2. The normalized spacial score (nSPS) is 10.2. The van der Waals surface area contributed by atoms with Crippen molar-refractivity contribution in [1.82, 2.24) is 4.98 Å². The fourth-order valence-corrected chi connectivity index (χ4v) is 2.06. The summed E-state index contributed by atoms with van der Waals surface area (Å²) in [7, 11) is 1.59. The van der Waals surface area contributed by atoms with Crippen LogP contribution < -0.4 is 15.5 Å². The van der Waals surface area contributed by atoms with Crippen molar-refractivity contribution in [3.8, 4) is 5.75 Å². The lowest BCUT2D eigenvalue weighted by Gasteiger charge is -2.13. The molecule has 1 heterocycles. The van der Waals surface area contributed by atoms with Crippen LogP contribution in [0.1, 0.15) is 21.5 Å². The Morgan fingerprint density at radius 2 is 2.00 bits per heavy atom. The van der Waals surface area contributed by atoms with Gasteiger partial charge in [-0.1, -0.05) is 6.07 Å². The second-order valence-corrected chi connectivity index (χ2v) is 4.46. The lowest BCUT2D eigenvalue weighted by Crippen LogP contribution is -2.21. The minimum atomic E-state index is -0.444. The van der Waals surface area contributed by atoms with Crippen LogP contribution in [0.2, 0.25) is 0 Å². The topological polar surface area (TPSA) is 71.2 Å². The molecule has 1 amide bonds. The minimum Gasteiger partial charge on any atom is -0.496 e. The van der Waals surface area contributed by atoms with Gasteiger partial charge in [-0.3, -0.25) is 9.59 Å². The van der Waals surface area contributed by atoms with Gasteiger partial charge in [0.1, 0.15) is 11.3 Å². The fraction of sp³-hybridized carbons (Fsp3) is 0.200. The molecule has 2 N–H and O–H groups in total. The van der Waals surface area contributed by atoms with Crippen LogP contribution in [0.15, 0.2) is 35.4 Å². The number of rotatable bonds is 3. The van der Waals surface area contributed by atoms with E-state index in [1.54, 1.807) is 13.2 Å². The van der Waals surface area contributed by atoms with E-state index < -0.39 is 5.91 Å². The predicted octanol–water partition coefficient (Wildman–Crippen LogP) is 2.25. The molecule has 0 bridgehead atoms. The number of amides is 1. The summed E-state index contributed by atoms with van der Waals surface area (Å²) in [6.45, 7) is 3.79. The molecule has 5 heteroatoms. The van der Waals surface area contributed by atoms with Gasteiger partial charge >= 0.3 is 0 Å². The van der Waals surface area contributed by atoms with E-state index in [-0.39, 0.29) is 11.0 Å². The highest BCUT2D eigenvalue weighted by molar-refractivity contribution is 6.04. The number of H-pyrrole nitrogens is 1. The Balaban J connectivity index is 2.34. The van der Waals surface area contributed by atoms with Crippen LogP contribution >= 0.6 is 0 Å². The summed E-state index contributed by atoms with van der Waals surface area (Å²) in [4.78, 5) is 26.4. The lowest BCUT2D eigenvalue weighted by molar-refractivity contribution is 0.102. The molecule has 1 aromatic heterocycles. The van der Waals surface area contributed by atoms with E-state index in [1.165, 1.54) is 18.5 Å². The van der Waals surface area contributed by atoms with Gasteiger partial charge in [-0.05, 0) is 25.5 Å². The third-order valence-electron chi connectivity index (χ3n) is 3.12. The van der Waals surface area contributed by atoms with E-state index in [0.717, 1.165) is 16.9 Å². The lowest BCUT2D eigenvalue weighted by atomic mass is 10.1. The maximum atomic E-state index is 12.1. The Bertz CT molecular complexity index is 705. The number of aromatic nitrogens is 1. The molecule has 0 saturated heterocycles. The van der Waals surface area contributed by atoms with Gasteiger partial charge < -0.3 is 15.0 Å². The summed E-state index contributed by atoms with van der Waals surface area (Å²) in [5.74, 6) is 0.283. The summed E-state index contributed by atoms with van der Waals surface area (Å²) in [5.41, 5.74) is 2.19. The van der Waals surface area contributed by atoms with Crippen molar-refractivity contribution in [3.63, 3.8) is 0 Å². The standard InChI is InChI=1S/C15H16N2O3/c1-9-4-5-12(10(2)14(9)20-3)17-15(19)11-8-16-7-6-13(11)18/h4-8H,1-3H3,(H,16,18)(H,17,19). The van der Waals surface area contributed by atoms with Gasteiger partial charge in [0.2, 0.25) is 0 Å². The number of carbonyl (C=O) groups is 1. The van der Waals surface area contributed by atoms with Crippen LogP contribution in [0.25, 0.3) is 0 Å². The van der Waals surface area contributed by atoms with E-state index in [4.69, 9.17) is 4.74 Å². The molecule has 0 atom stereocenters. The number of anilines is 1. The van der Waals surface area contributed by atoms with E-state index in [0.29, 0.717) is 5.69 Å². The molecule has 0 spiro atoms. The van der Waals surface area contributed by atoms with E-state index >= 15 is 0 Å². The van der Waals surface area contributed by atoms with Crippen LogP contribution in [0, 0.1) is 13.8 Å². The highest BCUT2D eigenvalue weighted by atomic mass is 16.5. The van der Waals surface area contributed by atoms with Crippen molar-refractivity contribution >= 4 is 11.6 Å². The van der Waals surface area contributed by atoms with Crippen molar-refractivity contribution in [2.45, 2.75) is 13.8 Å². The summed E-state index contributed by atoms with van der Waals surface area (Å²) < 4.78 is 5.31. The molecule has 1 aromatic carbocycles. The first kappa shape index (κ1) is 13.9. The van der Waals surface area contributed by atoms with Crippen molar-refractivity contribution in [2.75, 3.05) is 12.4 Å². The average Bonchev–Trinajstić information content (AvgIpc) is 2.43. The molecule has 0 saturated carbocycles. The maximum absolute atomic E-state index is 12.1. The zero-order valence-electron chi connectivity index (χ0n) is 11.6. The molecule has 104 valence electrons. The average molecular weight is 272 g/mol. The quantitative estimate of drug-likeness (QED) is 0.900. The van der Waals surface area contributed by atoms with Crippen LogP contribution in [0.3, 0.4) is 0 Å². The molecular formula is C15H16N2O3. The van der Waals surface area contributed by atoms with Crippen molar-refractivity contribution < 1.29 is 9.53 Å². The van der Waals surface area contributed by atoms with Crippen molar-refractivity contribution in [2.24, 2.45) is 0 Å². The molecule has 0 aliphatic carbocycles. The molecule has 0 radical (unpaired) electrons. The summed E-state index contributed by atoms with van der Waals surface area (Å²) in [5, 5.41) is 2.73. The number of benzene rings is 1. The summed E-state index contributed by atoms with van der Waals surface area (Å²) in [6, 6.07) is 4.97. The van der Waals surface area contributed by atoms with Gasteiger partial charge in [0.25, 0.3) is 5.91 Å². The number of carbonyl (C=O) groups excluding carboxylic acids is 1. The number of ether oxygens (including phenoxy) is 1. The van der Waals surface area contributed by atoms with Gasteiger partial charge in [-0.25, -0.2) is 0 Å². The highest BCUT2D eigenvalue weighted by Crippen LogP contribution is 2.29. The molecular weight excluding hydrogens is 256 g/mol. The maximum Gasteiger partial charge on any atom is 0.261 e. The summed E-state index contributed by atoms with van der Waals surface area (Å²) in [6.07, 6.45) is 2.87. The third-order valence-corrected chi connectivity index (χ3v) is 3.12. The van der Waals surface area contributed by atoms with E-state index in [1.807, 2.05) is 19.9 Å². The molecule has 2 aromatic rings. The molecule has 0 aliphatic heterocycles. The number of pyridine rings is 1. The van der Waals surface area contributed by atoms with E-state index in [2.05, 4.69) is 10.3 Å². The third kappa shape index (κ3) is 2.56. The zero-order valence-corrected chi connectivity index (χ0v) is 11.6. The Hall–Kier alpha value is -2.56. The molecule has 5 nitrogen and oxygen atoms in total. The summed E-state index contributed by atoms with van der Waals surface area (Å²) >= 11 is 0. The second kappa shape index (κ2) is 5.61. The monoisotopic (exact) mass is 272 g/mol. The molecule has 0 unspecified atom stereocenters. The van der Waals surface area contributed by atoms with Crippen LogP contribution in [0.4, 0.5) is 5.69 Å². The Morgan fingerprint density at radius 1 is 1.25 bits per heavy atom. The van der Waals surface area contributed by atoms with Gasteiger partial charge in [0.05, 0.1) is 7.11 Å². The number of aromatic amines is 1. The van der Waals surface area contributed by atoms with Crippen LogP contribution in [-0.4, -0.2) is 18.0 Å². The Labute approximate surface area is 116 Å². The van der Waals surface area contributed by atoms with Gasteiger partial charge in [0.15, 0.2) is 5.43 Å². The molecule has 20 heavy (non-hydrogen) atoms. The second-order valence-electron chi connectivity index (χ2n) is 4.46. The predicted molar refractivity (Wildman–Crippen MR) is 77.5 cm³/mol. The van der Waals surface area contributed by atoms with Gasteiger partial charge in [-0.15, -0.1) is 0 Å². The smallest absolute Gasteiger partial charge is 0.261 e. The minimum absolute atomic E-state index is 0.0754. The molecule has 0 aliphatic rings. The van der Waals surface area contributed by atoms with E-state index in [9.17, 15) is 9.59 Å². The Morgan fingerprint density at radius 3 is 2.65 bits per heavy atom. The van der Waals surface area contributed by atoms with Crippen LogP contribution in [-0.2, 0) is 0 Å². The fourth-order valence-electron chi connectivity index (χ4n) is 2.06. The first-order valence-electron chi connectivity index (χ1n) is 6.17. The SMILES string of the molecule is COc1c(C)ccc(NC(=O)c2c[nH]ccc2=O)c1C. The largest absolute Gasteiger partial charge is 0.496 e. The number of methoxy groups -OCH3 is 1. The number of aryl methyl sites for hydroxylation is 1. The Kier molecular flexibility index (Phi) is 3.89. The van der Waals surface area contributed by atoms with Crippen LogP contribution in [0.5, 0.6) is 5.75 Å². The van der Waals surface area contributed by atoms with Gasteiger partial charge in [0, 0.05) is 29.7 Å². The van der Waals surface area contributed by atoms with Crippen molar-refractivity contribution in [3.05, 3.63) is 57.5 Å². The first-order chi connectivity index (χ1) is 9.54.